The Labute approximate surface area is 142 Å². The summed E-state index contributed by atoms with van der Waals surface area (Å²) in [4.78, 5) is 25.3. The molecule has 0 radical (unpaired) electrons. The number of hydrogen-bond donors (Lipinski definition) is 0. The van der Waals surface area contributed by atoms with Crippen LogP contribution in [0.5, 0.6) is 5.75 Å². The van der Waals surface area contributed by atoms with Crippen molar-refractivity contribution in [3.63, 3.8) is 0 Å². The van der Waals surface area contributed by atoms with Gasteiger partial charge in [-0.05, 0) is 37.7 Å². The van der Waals surface area contributed by atoms with Crippen molar-refractivity contribution in [3.8, 4) is 5.75 Å². The van der Waals surface area contributed by atoms with Crippen LogP contribution in [-0.4, -0.2) is 59.0 Å². The van der Waals surface area contributed by atoms with Crippen LogP contribution in [0.4, 0.5) is 0 Å². The number of likely N-dealkylation sites (N-methyl/N-ethyl adjacent to an activating group) is 1. The SMILES string of the molecule is COc1cccc(C(=O)N2CC[C@@H](N(C)Cc3ncccn3)C2)c1. The quantitative estimate of drug-likeness (QED) is 0.839. The molecule has 6 heteroatoms. The Morgan fingerprint density at radius 1 is 1.33 bits per heavy atom. The van der Waals surface area contributed by atoms with Gasteiger partial charge >= 0.3 is 0 Å². The highest BCUT2D eigenvalue weighted by molar-refractivity contribution is 5.94. The number of aromatic nitrogens is 2. The summed E-state index contributed by atoms with van der Waals surface area (Å²) in [7, 11) is 3.66. The van der Waals surface area contributed by atoms with Crippen molar-refractivity contribution >= 4 is 5.91 Å². The molecule has 0 spiro atoms. The highest BCUT2D eigenvalue weighted by Crippen LogP contribution is 2.20. The number of hydrogen-bond acceptors (Lipinski definition) is 5. The molecule has 2 aromatic rings. The molecular formula is C18H22N4O2. The zero-order chi connectivity index (χ0) is 16.9. The van der Waals surface area contributed by atoms with Gasteiger partial charge in [-0.2, -0.15) is 0 Å². The number of ether oxygens (including phenoxy) is 1. The van der Waals surface area contributed by atoms with E-state index in [1.165, 1.54) is 0 Å². The van der Waals surface area contributed by atoms with Crippen molar-refractivity contribution in [1.82, 2.24) is 19.8 Å². The van der Waals surface area contributed by atoms with Crippen molar-refractivity contribution in [2.24, 2.45) is 0 Å². The third kappa shape index (κ3) is 3.71. The van der Waals surface area contributed by atoms with E-state index in [4.69, 9.17) is 4.74 Å². The predicted molar refractivity (Wildman–Crippen MR) is 90.8 cm³/mol. The maximum atomic E-state index is 12.7. The Morgan fingerprint density at radius 3 is 2.88 bits per heavy atom. The van der Waals surface area contributed by atoms with Crippen LogP contribution in [0.15, 0.2) is 42.7 Å². The van der Waals surface area contributed by atoms with E-state index < -0.39 is 0 Å². The average molecular weight is 326 g/mol. The molecule has 0 bridgehead atoms. The minimum absolute atomic E-state index is 0.0563. The molecule has 1 atom stereocenters. The standard InChI is InChI=1S/C18H22N4O2/c1-21(13-17-19-8-4-9-20-17)15-7-10-22(12-15)18(23)14-5-3-6-16(11-14)24-2/h3-6,8-9,11,15H,7,10,12-13H2,1-2H3/t15-/m1/s1. The number of benzene rings is 1. The van der Waals surface area contributed by atoms with Crippen LogP contribution in [0, 0.1) is 0 Å². The van der Waals surface area contributed by atoms with Crippen molar-refractivity contribution in [2.45, 2.75) is 19.0 Å². The minimum Gasteiger partial charge on any atom is -0.497 e. The summed E-state index contributed by atoms with van der Waals surface area (Å²) in [5.74, 6) is 1.56. The van der Waals surface area contributed by atoms with Crippen molar-refractivity contribution in [3.05, 3.63) is 54.1 Å². The lowest BCUT2D eigenvalue weighted by Gasteiger charge is -2.24. The monoisotopic (exact) mass is 326 g/mol. The molecule has 1 aliphatic heterocycles. The molecule has 1 aromatic carbocycles. The molecule has 1 aromatic heterocycles. The van der Waals surface area contributed by atoms with E-state index in [9.17, 15) is 4.79 Å². The molecule has 6 nitrogen and oxygen atoms in total. The Balaban J connectivity index is 1.61. The van der Waals surface area contributed by atoms with E-state index in [-0.39, 0.29) is 5.91 Å². The van der Waals surface area contributed by atoms with E-state index >= 15 is 0 Å². The van der Waals surface area contributed by atoms with Gasteiger partial charge in [0.25, 0.3) is 5.91 Å². The number of likely N-dealkylation sites (tertiary alicyclic amines) is 1. The smallest absolute Gasteiger partial charge is 0.254 e. The van der Waals surface area contributed by atoms with Gasteiger partial charge in [0.2, 0.25) is 0 Å². The van der Waals surface area contributed by atoms with E-state index in [1.54, 1.807) is 25.6 Å². The summed E-state index contributed by atoms with van der Waals surface area (Å²) in [6.45, 7) is 2.17. The molecule has 1 fully saturated rings. The fourth-order valence-corrected chi connectivity index (χ4v) is 2.99. The summed E-state index contributed by atoms with van der Waals surface area (Å²) in [6, 6.07) is 9.45. The lowest BCUT2D eigenvalue weighted by Crippen LogP contribution is -2.36. The average Bonchev–Trinajstić information content (AvgIpc) is 3.12. The highest BCUT2D eigenvalue weighted by Gasteiger charge is 2.29. The number of methoxy groups -OCH3 is 1. The Morgan fingerprint density at radius 2 is 2.12 bits per heavy atom. The van der Waals surface area contributed by atoms with Crippen LogP contribution in [0.25, 0.3) is 0 Å². The van der Waals surface area contributed by atoms with Gasteiger partial charge in [-0.3, -0.25) is 9.69 Å². The largest absolute Gasteiger partial charge is 0.497 e. The molecule has 3 rings (SSSR count). The molecule has 1 saturated heterocycles. The Hall–Kier alpha value is -2.47. The van der Waals surface area contributed by atoms with Crippen molar-refractivity contribution < 1.29 is 9.53 Å². The van der Waals surface area contributed by atoms with Gasteiger partial charge in [0.05, 0.1) is 13.7 Å². The number of amides is 1. The normalized spacial score (nSPS) is 17.3. The van der Waals surface area contributed by atoms with E-state index in [0.29, 0.717) is 23.9 Å². The molecule has 1 amide bonds. The number of rotatable bonds is 5. The number of carbonyl (C=O) groups excluding carboxylic acids is 1. The second-order valence-electron chi connectivity index (χ2n) is 6.01. The first kappa shape index (κ1) is 16.4. The van der Waals surface area contributed by atoms with Crippen LogP contribution < -0.4 is 4.74 Å². The Bertz CT molecular complexity index is 692. The maximum absolute atomic E-state index is 12.7. The van der Waals surface area contributed by atoms with Gasteiger partial charge in [-0.15, -0.1) is 0 Å². The van der Waals surface area contributed by atoms with Gasteiger partial charge in [0.15, 0.2) is 0 Å². The lowest BCUT2D eigenvalue weighted by molar-refractivity contribution is 0.0779. The maximum Gasteiger partial charge on any atom is 0.254 e. The zero-order valence-corrected chi connectivity index (χ0v) is 14.1. The fourth-order valence-electron chi connectivity index (χ4n) is 2.99. The summed E-state index contributed by atoms with van der Waals surface area (Å²) in [6.07, 6.45) is 4.46. The molecule has 0 N–H and O–H groups in total. The third-order valence-electron chi connectivity index (χ3n) is 4.40. The van der Waals surface area contributed by atoms with Gasteiger partial charge in [-0.25, -0.2) is 9.97 Å². The first-order valence-electron chi connectivity index (χ1n) is 8.07. The summed E-state index contributed by atoms with van der Waals surface area (Å²) in [5, 5.41) is 0. The minimum atomic E-state index is 0.0563. The van der Waals surface area contributed by atoms with Crippen LogP contribution >= 0.6 is 0 Å². The van der Waals surface area contributed by atoms with Gasteiger partial charge in [0, 0.05) is 37.1 Å². The molecular weight excluding hydrogens is 304 g/mol. The van der Waals surface area contributed by atoms with Crippen molar-refractivity contribution in [1.29, 1.82) is 0 Å². The third-order valence-corrected chi connectivity index (χ3v) is 4.40. The molecule has 1 aliphatic rings. The highest BCUT2D eigenvalue weighted by atomic mass is 16.5. The lowest BCUT2D eigenvalue weighted by atomic mass is 10.2. The van der Waals surface area contributed by atoms with E-state index in [0.717, 1.165) is 25.3 Å². The molecule has 126 valence electrons. The molecule has 24 heavy (non-hydrogen) atoms. The van der Waals surface area contributed by atoms with E-state index in [2.05, 4.69) is 21.9 Å². The van der Waals surface area contributed by atoms with Crippen LogP contribution in [0.1, 0.15) is 22.6 Å². The number of carbonyl (C=O) groups is 1. The van der Waals surface area contributed by atoms with Gasteiger partial charge in [-0.1, -0.05) is 6.07 Å². The molecule has 0 aliphatic carbocycles. The fraction of sp³-hybridized carbons (Fsp3) is 0.389. The van der Waals surface area contributed by atoms with Crippen LogP contribution in [0.2, 0.25) is 0 Å². The zero-order valence-electron chi connectivity index (χ0n) is 14.1. The summed E-state index contributed by atoms with van der Waals surface area (Å²) >= 11 is 0. The van der Waals surface area contributed by atoms with Crippen molar-refractivity contribution in [2.75, 3.05) is 27.2 Å². The summed E-state index contributed by atoms with van der Waals surface area (Å²) in [5.41, 5.74) is 0.670. The van der Waals surface area contributed by atoms with Gasteiger partial charge < -0.3 is 9.64 Å². The van der Waals surface area contributed by atoms with Crippen LogP contribution in [0.3, 0.4) is 0 Å². The second kappa shape index (κ2) is 7.40. The molecule has 0 unspecified atom stereocenters. The first-order valence-corrected chi connectivity index (χ1v) is 8.07. The van der Waals surface area contributed by atoms with Crippen LogP contribution in [-0.2, 0) is 6.54 Å². The number of nitrogens with zero attached hydrogens (tertiary/aromatic N) is 4. The molecule has 2 heterocycles. The first-order chi connectivity index (χ1) is 11.7. The summed E-state index contributed by atoms with van der Waals surface area (Å²) < 4.78 is 5.20. The Kier molecular flexibility index (Phi) is 5.05. The van der Waals surface area contributed by atoms with E-state index in [1.807, 2.05) is 29.2 Å². The topological polar surface area (TPSA) is 58.6 Å². The predicted octanol–water partition coefficient (Wildman–Crippen LogP) is 1.83. The van der Waals surface area contributed by atoms with Gasteiger partial charge in [0.1, 0.15) is 11.6 Å². The second-order valence-corrected chi connectivity index (χ2v) is 6.01. The molecule has 0 saturated carbocycles.